The molecule has 158 valence electrons. The van der Waals surface area contributed by atoms with Crippen LogP contribution in [0.5, 0.6) is 5.75 Å². The average molecular weight is 387 g/mol. The Bertz CT molecular complexity index is 520. The van der Waals surface area contributed by atoms with Crippen LogP contribution >= 0.6 is 0 Å². The molecule has 0 amide bonds. The van der Waals surface area contributed by atoms with Crippen molar-refractivity contribution in [3.8, 4) is 5.75 Å². The Morgan fingerprint density at radius 3 is 1.82 bits per heavy atom. The van der Waals surface area contributed by atoms with Crippen LogP contribution in [0.4, 0.5) is 0 Å². The van der Waals surface area contributed by atoms with Crippen LogP contribution in [0.25, 0.3) is 0 Å². The van der Waals surface area contributed by atoms with Gasteiger partial charge in [-0.2, -0.15) is 0 Å². The van der Waals surface area contributed by atoms with Crippen molar-refractivity contribution < 1.29 is 9.47 Å². The molecule has 0 radical (unpaired) electrons. The van der Waals surface area contributed by atoms with Gasteiger partial charge >= 0.3 is 0 Å². The lowest BCUT2D eigenvalue weighted by Crippen LogP contribution is -2.34. The Balaban J connectivity index is 1.71. The standard InChI is InChI=1S/C26H42O2/c1-4-21-15-17-24(18-16-21)28-26(27-20(2)3)19-25(22-11-7-5-8-12-22)23-13-9-6-10-14-23/h15-18,20,22-23,25-26H,4-14,19H2,1-3H3. The van der Waals surface area contributed by atoms with E-state index in [2.05, 4.69) is 45.0 Å². The smallest absolute Gasteiger partial charge is 0.200 e. The van der Waals surface area contributed by atoms with Crippen LogP contribution < -0.4 is 4.74 Å². The fourth-order valence-corrected chi connectivity index (χ4v) is 5.51. The third-order valence-corrected chi connectivity index (χ3v) is 7.00. The van der Waals surface area contributed by atoms with Gasteiger partial charge in [0.25, 0.3) is 0 Å². The summed E-state index contributed by atoms with van der Waals surface area (Å²) in [6.45, 7) is 6.46. The van der Waals surface area contributed by atoms with Crippen LogP contribution in [0, 0.1) is 17.8 Å². The Morgan fingerprint density at radius 2 is 1.36 bits per heavy atom. The van der Waals surface area contributed by atoms with Crippen LogP contribution in [0.15, 0.2) is 24.3 Å². The molecule has 0 heterocycles. The SMILES string of the molecule is CCc1ccc(OC(CC(C2CCCCC2)C2CCCCC2)OC(C)C)cc1. The van der Waals surface area contributed by atoms with Gasteiger partial charge in [-0.3, -0.25) is 0 Å². The number of hydrogen-bond acceptors (Lipinski definition) is 2. The van der Waals surface area contributed by atoms with Gasteiger partial charge in [0.2, 0.25) is 0 Å². The second-order valence-electron chi connectivity index (χ2n) is 9.43. The summed E-state index contributed by atoms with van der Waals surface area (Å²) >= 11 is 0. The summed E-state index contributed by atoms with van der Waals surface area (Å²) in [7, 11) is 0. The molecule has 1 aromatic carbocycles. The molecule has 2 nitrogen and oxygen atoms in total. The topological polar surface area (TPSA) is 18.5 Å². The fourth-order valence-electron chi connectivity index (χ4n) is 5.51. The highest BCUT2D eigenvalue weighted by molar-refractivity contribution is 5.27. The van der Waals surface area contributed by atoms with Gasteiger partial charge in [0.1, 0.15) is 5.75 Å². The Kier molecular flexibility index (Phi) is 8.70. The highest BCUT2D eigenvalue weighted by atomic mass is 16.7. The van der Waals surface area contributed by atoms with E-state index in [-0.39, 0.29) is 12.4 Å². The molecule has 28 heavy (non-hydrogen) atoms. The molecular formula is C26H42O2. The lowest BCUT2D eigenvalue weighted by atomic mass is 9.68. The Labute approximate surface area is 173 Å². The maximum atomic E-state index is 6.41. The summed E-state index contributed by atoms with van der Waals surface area (Å²) < 4.78 is 12.7. The predicted octanol–water partition coefficient (Wildman–Crippen LogP) is 7.55. The zero-order valence-electron chi connectivity index (χ0n) is 18.5. The van der Waals surface area contributed by atoms with Crippen LogP contribution in [0.1, 0.15) is 97.0 Å². The van der Waals surface area contributed by atoms with Gasteiger partial charge in [0.05, 0.1) is 6.10 Å². The van der Waals surface area contributed by atoms with Crippen molar-refractivity contribution in [2.45, 2.75) is 110 Å². The van der Waals surface area contributed by atoms with Gasteiger partial charge in [-0.15, -0.1) is 0 Å². The maximum Gasteiger partial charge on any atom is 0.200 e. The molecule has 3 rings (SSSR count). The third-order valence-electron chi connectivity index (χ3n) is 7.00. The monoisotopic (exact) mass is 386 g/mol. The molecule has 2 fully saturated rings. The van der Waals surface area contributed by atoms with Crippen LogP contribution in [-0.2, 0) is 11.2 Å². The molecule has 1 unspecified atom stereocenters. The van der Waals surface area contributed by atoms with E-state index in [0.717, 1.165) is 36.3 Å². The maximum absolute atomic E-state index is 6.41. The predicted molar refractivity (Wildman–Crippen MR) is 118 cm³/mol. The minimum absolute atomic E-state index is 0.124. The minimum Gasteiger partial charge on any atom is -0.465 e. The van der Waals surface area contributed by atoms with E-state index in [0.29, 0.717) is 0 Å². The first-order valence-corrected chi connectivity index (χ1v) is 12.1. The van der Waals surface area contributed by atoms with Crippen molar-refractivity contribution in [2.75, 3.05) is 0 Å². The number of ether oxygens (including phenoxy) is 2. The number of rotatable bonds is 9. The van der Waals surface area contributed by atoms with Crippen LogP contribution in [-0.4, -0.2) is 12.4 Å². The molecular weight excluding hydrogens is 344 g/mol. The first kappa shape index (κ1) is 21.7. The molecule has 1 aromatic rings. The van der Waals surface area contributed by atoms with E-state index in [1.807, 2.05) is 0 Å². The van der Waals surface area contributed by atoms with E-state index in [1.165, 1.54) is 69.8 Å². The second-order valence-corrected chi connectivity index (χ2v) is 9.43. The third kappa shape index (κ3) is 6.51. The molecule has 0 saturated heterocycles. The molecule has 2 aliphatic carbocycles. The van der Waals surface area contributed by atoms with E-state index in [9.17, 15) is 0 Å². The van der Waals surface area contributed by atoms with Crippen molar-refractivity contribution >= 4 is 0 Å². The van der Waals surface area contributed by atoms with Crippen LogP contribution in [0.2, 0.25) is 0 Å². The first-order valence-electron chi connectivity index (χ1n) is 12.1. The normalized spacial score (nSPS) is 20.6. The zero-order valence-corrected chi connectivity index (χ0v) is 18.5. The Morgan fingerprint density at radius 1 is 0.821 bits per heavy atom. The molecule has 0 spiro atoms. The molecule has 0 aromatic heterocycles. The fraction of sp³-hybridized carbons (Fsp3) is 0.769. The largest absolute Gasteiger partial charge is 0.465 e. The van der Waals surface area contributed by atoms with Crippen molar-refractivity contribution in [2.24, 2.45) is 17.8 Å². The van der Waals surface area contributed by atoms with E-state index in [4.69, 9.17) is 9.47 Å². The molecule has 0 bridgehead atoms. The number of hydrogen-bond donors (Lipinski definition) is 0. The van der Waals surface area contributed by atoms with Crippen LogP contribution in [0.3, 0.4) is 0 Å². The van der Waals surface area contributed by atoms with Gasteiger partial charge in [0.15, 0.2) is 6.29 Å². The quantitative estimate of drug-likeness (QED) is 0.408. The summed E-state index contributed by atoms with van der Waals surface area (Å²) in [6, 6.07) is 8.60. The van der Waals surface area contributed by atoms with Gasteiger partial charge in [-0.05, 0) is 55.7 Å². The van der Waals surface area contributed by atoms with Gasteiger partial charge in [0, 0.05) is 6.42 Å². The second kappa shape index (κ2) is 11.2. The molecule has 2 heteroatoms. The molecule has 0 N–H and O–H groups in total. The molecule has 2 aliphatic rings. The Hall–Kier alpha value is -1.02. The van der Waals surface area contributed by atoms with E-state index in [1.54, 1.807) is 0 Å². The number of benzene rings is 1. The molecule has 0 aliphatic heterocycles. The molecule has 2 saturated carbocycles. The zero-order chi connectivity index (χ0) is 19.8. The van der Waals surface area contributed by atoms with E-state index >= 15 is 0 Å². The summed E-state index contributed by atoms with van der Waals surface area (Å²) in [5.41, 5.74) is 1.36. The lowest BCUT2D eigenvalue weighted by molar-refractivity contribution is -0.127. The summed E-state index contributed by atoms with van der Waals surface area (Å²) in [5, 5.41) is 0. The molecule has 1 atom stereocenters. The lowest BCUT2D eigenvalue weighted by Gasteiger charge is -2.39. The van der Waals surface area contributed by atoms with Crippen molar-refractivity contribution in [1.82, 2.24) is 0 Å². The van der Waals surface area contributed by atoms with E-state index < -0.39 is 0 Å². The van der Waals surface area contributed by atoms with Crippen molar-refractivity contribution in [1.29, 1.82) is 0 Å². The highest BCUT2D eigenvalue weighted by Gasteiger charge is 2.34. The van der Waals surface area contributed by atoms with Crippen molar-refractivity contribution in [3.05, 3.63) is 29.8 Å². The summed E-state index contributed by atoms with van der Waals surface area (Å²) in [6.07, 6.45) is 16.4. The van der Waals surface area contributed by atoms with Gasteiger partial charge in [-0.1, -0.05) is 83.3 Å². The summed E-state index contributed by atoms with van der Waals surface area (Å²) in [5.74, 6) is 3.47. The van der Waals surface area contributed by atoms with Gasteiger partial charge in [-0.25, -0.2) is 0 Å². The first-order chi connectivity index (χ1) is 13.7. The van der Waals surface area contributed by atoms with Crippen molar-refractivity contribution in [3.63, 3.8) is 0 Å². The summed E-state index contributed by atoms with van der Waals surface area (Å²) in [4.78, 5) is 0. The highest BCUT2D eigenvalue weighted by Crippen LogP contribution is 2.42. The number of aryl methyl sites for hydroxylation is 1. The van der Waals surface area contributed by atoms with Gasteiger partial charge < -0.3 is 9.47 Å². The average Bonchev–Trinajstić information content (AvgIpc) is 2.73. The minimum atomic E-state index is -0.124.